The Bertz CT molecular complexity index is 419. The first kappa shape index (κ1) is 13.0. The molecule has 1 aromatic heterocycles. The van der Waals surface area contributed by atoms with E-state index in [0.717, 1.165) is 36.9 Å². The highest BCUT2D eigenvalue weighted by molar-refractivity contribution is 5.93. The smallest absolute Gasteiger partial charge is 0.229 e. The second-order valence-corrected chi connectivity index (χ2v) is 5.09. The van der Waals surface area contributed by atoms with Crippen molar-refractivity contribution < 1.29 is 4.79 Å². The van der Waals surface area contributed by atoms with Crippen LogP contribution in [0.1, 0.15) is 37.7 Å². The van der Waals surface area contributed by atoms with Crippen molar-refractivity contribution in [1.29, 1.82) is 0 Å². The number of amides is 1. The van der Waals surface area contributed by atoms with Gasteiger partial charge in [0.2, 0.25) is 5.91 Å². The van der Waals surface area contributed by atoms with Gasteiger partial charge in [-0.3, -0.25) is 9.78 Å². The maximum absolute atomic E-state index is 12.3. The molecule has 1 aliphatic rings. The summed E-state index contributed by atoms with van der Waals surface area (Å²) in [6, 6.07) is 1.88. The first-order chi connectivity index (χ1) is 8.68. The van der Waals surface area contributed by atoms with Crippen LogP contribution in [-0.4, -0.2) is 16.9 Å². The van der Waals surface area contributed by atoms with Gasteiger partial charge in [-0.1, -0.05) is 19.3 Å². The Balaban J connectivity index is 2.04. The summed E-state index contributed by atoms with van der Waals surface area (Å²) < 4.78 is 0. The van der Waals surface area contributed by atoms with E-state index in [1.54, 1.807) is 12.4 Å². The molecule has 4 nitrogen and oxygen atoms in total. The van der Waals surface area contributed by atoms with E-state index in [1.165, 1.54) is 6.42 Å². The molecule has 18 heavy (non-hydrogen) atoms. The molecule has 4 heteroatoms. The zero-order chi connectivity index (χ0) is 13.0. The number of nitrogens with one attached hydrogen (secondary N) is 1. The Labute approximate surface area is 108 Å². The Morgan fingerprint density at radius 1 is 1.39 bits per heavy atom. The molecular weight excluding hydrogens is 226 g/mol. The van der Waals surface area contributed by atoms with Crippen LogP contribution in [0, 0.1) is 12.8 Å². The number of pyridine rings is 1. The zero-order valence-corrected chi connectivity index (χ0v) is 10.9. The van der Waals surface area contributed by atoms with Gasteiger partial charge in [0.05, 0.1) is 17.8 Å². The van der Waals surface area contributed by atoms with E-state index in [-0.39, 0.29) is 17.9 Å². The quantitative estimate of drug-likeness (QED) is 0.787. The highest BCUT2D eigenvalue weighted by Crippen LogP contribution is 2.24. The molecule has 2 rings (SSSR count). The number of rotatable bonds is 2. The van der Waals surface area contributed by atoms with Crippen LogP contribution in [0.25, 0.3) is 0 Å². The largest absolute Gasteiger partial charge is 0.327 e. The fraction of sp³-hybridized carbons (Fsp3) is 0.571. The van der Waals surface area contributed by atoms with E-state index in [2.05, 4.69) is 10.3 Å². The van der Waals surface area contributed by atoms with Gasteiger partial charge in [0.25, 0.3) is 0 Å². The number of anilines is 1. The average molecular weight is 247 g/mol. The number of aryl methyl sites for hydroxylation is 1. The van der Waals surface area contributed by atoms with Crippen LogP contribution in [-0.2, 0) is 4.79 Å². The van der Waals surface area contributed by atoms with E-state index >= 15 is 0 Å². The number of aromatic nitrogens is 1. The molecule has 1 heterocycles. The van der Waals surface area contributed by atoms with Crippen LogP contribution in [0.4, 0.5) is 5.69 Å². The van der Waals surface area contributed by atoms with E-state index < -0.39 is 0 Å². The lowest BCUT2D eigenvalue weighted by Gasteiger charge is -2.20. The molecule has 0 bridgehead atoms. The second-order valence-electron chi connectivity index (χ2n) is 5.09. The molecule has 1 amide bonds. The highest BCUT2D eigenvalue weighted by atomic mass is 16.1. The fourth-order valence-corrected chi connectivity index (χ4v) is 2.48. The molecule has 0 radical (unpaired) electrons. The summed E-state index contributed by atoms with van der Waals surface area (Å²) in [7, 11) is 0. The monoisotopic (exact) mass is 247 g/mol. The molecular formula is C14H21N3O. The van der Waals surface area contributed by atoms with Gasteiger partial charge in [-0.15, -0.1) is 0 Å². The number of nitrogens with zero attached hydrogens (tertiary/aromatic N) is 1. The molecule has 0 saturated heterocycles. The lowest BCUT2D eigenvalue weighted by molar-refractivity contribution is -0.120. The third-order valence-electron chi connectivity index (χ3n) is 3.70. The number of hydrogen-bond donors (Lipinski definition) is 2. The molecule has 2 unspecified atom stereocenters. The third kappa shape index (κ3) is 3.07. The van der Waals surface area contributed by atoms with Gasteiger partial charge in [0.1, 0.15) is 0 Å². The standard InChI is InChI=1S/C14H21N3O/c1-10-7-8-16-9-13(10)17-14(18)11-5-3-2-4-6-12(11)15/h7-9,11-12H,2-6,15H2,1H3,(H,17,18). The molecule has 0 spiro atoms. The minimum atomic E-state index is -0.0629. The summed E-state index contributed by atoms with van der Waals surface area (Å²) in [5, 5.41) is 2.96. The van der Waals surface area contributed by atoms with Crippen LogP contribution in [0.2, 0.25) is 0 Å². The number of hydrogen-bond acceptors (Lipinski definition) is 3. The minimum absolute atomic E-state index is 0.00974. The van der Waals surface area contributed by atoms with Crippen molar-refractivity contribution in [3.63, 3.8) is 0 Å². The molecule has 3 N–H and O–H groups in total. The number of nitrogens with two attached hydrogens (primary N) is 1. The van der Waals surface area contributed by atoms with Gasteiger partial charge in [0, 0.05) is 12.2 Å². The summed E-state index contributed by atoms with van der Waals surface area (Å²) in [5.41, 5.74) is 7.91. The van der Waals surface area contributed by atoms with Crippen molar-refractivity contribution in [2.24, 2.45) is 11.7 Å². The van der Waals surface area contributed by atoms with Crippen molar-refractivity contribution in [3.8, 4) is 0 Å². The summed E-state index contributed by atoms with van der Waals surface area (Å²) in [6.07, 6.45) is 8.67. The average Bonchev–Trinajstić information content (AvgIpc) is 2.57. The van der Waals surface area contributed by atoms with Gasteiger partial charge >= 0.3 is 0 Å². The molecule has 0 aliphatic heterocycles. The lowest BCUT2D eigenvalue weighted by Crippen LogP contribution is -2.37. The first-order valence-electron chi connectivity index (χ1n) is 6.65. The second kappa shape index (κ2) is 5.96. The fourth-order valence-electron chi connectivity index (χ4n) is 2.48. The molecule has 1 saturated carbocycles. The summed E-state index contributed by atoms with van der Waals surface area (Å²) in [5.74, 6) is -0.0207. The third-order valence-corrected chi connectivity index (χ3v) is 3.70. The van der Waals surface area contributed by atoms with Crippen LogP contribution in [0.3, 0.4) is 0 Å². The van der Waals surface area contributed by atoms with Crippen molar-refractivity contribution in [2.75, 3.05) is 5.32 Å². The van der Waals surface area contributed by atoms with Gasteiger partial charge in [-0.25, -0.2) is 0 Å². The predicted octanol–water partition coefficient (Wildman–Crippen LogP) is 2.24. The normalized spacial score (nSPS) is 24.3. The van der Waals surface area contributed by atoms with Crippen LogP contribution in [0.15, 0.2) is 18.5 Å². The minimum Gasteiger partial charge on any atom is -0.327 e. The van der Waals surface area contributed by atoms with Crippen molar-refractivity contribution in [3.05, 3.63) is 24.0 Å². The van der Waals surface area contributed by atoms with E-state index in [0.29, 0.717) is 0 Å². The van der Waals surface area contributed by atoms with E-state index in [4.69, 9.17) is 5.73 Å². The molecule has 1 aliphatic carbocycles. The maximum atomic E-state index is 12.3. The molecule has 1 fully saturated rings. The van der Waals surface area contributed by atoms with Gasteiger partial charge in [0.15, 0.2) is 0 Å². The SMILES string of the molecule is Cc1ccncc1NC(=O)C1CCCCCC1N. The zero-order valence-electron chi connectivity index (χ0n) is 10.9. The van der Waals surface area contributed by atoms with E-state index in [1.807, 2.05) is 13.0 Å². The summed E-state index contributed by atoms with van der Waals surface area (Å²) in [4.78, 5) is 16.3. The first-order valence-corrected chi connectivity index (χ1v) is 6.65. The van der Waals surface area contributed by atoms with E-state index in [9.17, 15) is 4.79 Å². The molecule has 0 aromatic carbocycles. The summed E-state index contributed by atoms with van der Waals surface area (Å²) in [6.45, 7) is 1.96. The Morgan fingerprint density at radius 2 is 2.17 bits per heavy atom. The number of carbonyl (C=O) groups is 1. The van der Waals surface area contributed by atoms with Crippen molar-refractivity contribution >= 4 is 11.6 Å². The topological polar surface area (TPSA) is 68.0 Å². The number of carbonyl (C=O) groups excluding carboxylic acids is 1. The molecule has 98 valence electrons. The van der Waals surface area contributed by atoms with Crippen molar-refractivity contribution in [1.82, 2.24) is 4.98 Å². The van der Waals surface area contributed by atoms with Crippen LogP contribution >= 0.6 is 0 Å². The highest BCUT2D eigenvalue weighted by Gasteiger charge is 2.27. The summed E-state index contributed by atoms with van der Waals surface area (Å²) >= 11 is 0. The van der Waals surface area contributed by atoms with Crippen LogP contribution < -0.4 is 11.1 Å². The maximum Gasteiger partial charge on any atom is 0.229 e. The molecule has 1 aromatic rings. The Morgan fingerprint density at radius 3 is 2.94 bits per heavy atom. The predicted molar refractivity (Wildman–Crippen MR) is 72.2 cm³/mol. The van der Waals surface area contributed by atoms with Gasteiger partial charge < -0.3 is 11.1 Å². The van der Waals surface area contributed by atoms with Crippen molar-refractivity contribution in [2.45, 2.75) is 45.1 Å². The van der Waals surface area contributed by atoms with Gasteiger partial charge in [-0.2, -0.15) is 0 Å². The van der Waals surface area contributed by atoms with Gasteiger partial charge in [-0.05, 0) is 31.4 Å². The Kier molecular flexibility index (Phi) is 4.31. The Hall–Kier alpha value is -1.42. The molecule has 2 atom stereocenters. The lowest BCUT2D eigenvalue weighted by atomic mass is 9.94. The van der Waals surface area contributed by atoms with Crippen LogP contribution in [0.5, 0.6) is 0 Å².